The van der Waals surface area contributed by atoms with E-state index in [1.807, 2.05) is 25.1 Å². The first kappa shape index (κ1) is 17.1. The van der Waals surface area contributed by atoms with Crippen molar-refractivity contribution in [3.05, 3.63) is 45.4 Å². The van der Waals surface area contributed by atoms with Gasteiger partial charge in [-0.25, -0.2) is 4.98 Å². The summed E-state index contributed by atoms with van der Waals surface area (Å²) in [4.78, 5) is 28.1. The molecule has 1 aromatic carbocycles. The molecule has 2 aromatic rings. The SMILES string of the molecule is CCCc1nc(C)c(C(=O)Nc2cccc(CCC(=O)O)c2)s1. The predicted octanol–water partition coefficient (Wildman–Crippen LogP) is 3.67. The molecule has 0 radical (unpaired) electrons. The number of nitrogens with one attached hydrogen (secondary N) is 1. The van der Waals surface area contributed by atoms with Crippen LogP contribution >= 0.6 is 11.3 Å². The summed E-state index contributed by atoms with van der Waals surface area (Å²) in [6.45, 7) is 3.92. The number of hydrogen-bond acceptors (Lipinski definition) is 4. The van der Waals surface area contributed by atoms with Crippen molar-refractivity contribution in [2.45, 2.75) is 39.5 Å². The zero-order valence-corrected chi connectivity index (χ0v) is 14.1. The Morgan fingerprint density at radius 2 is 2.09 bits per heavy atom. The van der Waals surface area contributed by atoms with Crippen molar-refractivity contribution in [2.75, 3.05) is 5.32 Å². The Morgan fingerprint density at radius 1 is 1.30 bits per heavy atom. The number of carbonyl (C=O) groups is 2. The molecule has 6 heteroatoms. The summed E-state index contributed by atoms with van der Waals surface area (Å²) in [6.07, 6.45) is 2.40. The van der Waals surface area contributed by atoms with Crippen molar-refractivity contribution < 1.29 is 14.7 Å². The molecule has 0 aliphatic rings. The van der Waals surface area contributed by atoms with E-state index in [1.165, 1.54) is 11.3 Å². The number of aryl methyl sites for hydroxylation is 3. The maximum absolute atomic E-state index is 12.4. The molecule has 1 aromatic heterocycles. The quantitative estimate of drug-likeness (QED) is 0.811. The van der Waals surface area contributed by atoms with Crippen molar-refractivity contribution in [1.82, 2.24) is 4.98 Å². The molecule has 0 spiro atoms. The van der Waals surface area contributed by atoms with Crippen LogP contribution in [-0.2, 0) is 17.6 Å². The molecule has 0 aliphatic heterocycles. The highest BCUT2D eigenvalue weighted by molar-refractivity contribution is 7.13. The van der Waals surface area contributed by atoms with Gasteiger partial charge in [0.1, 0.15) is 4.88 Å². The van der Waals surface area contributed by atoms with Crippen LogP contribution in [0, 0.1) is 6.92 Å². The van der Waals surface area contributed by atoms with Crippen molar-refractivity contribution in [2.24, 2.45) is 0 Å². The van der Waals surface area contributed by atoms with Gasteiger partial charge in [0.05, 0.1) is 10.7 Å². The topological polar surface area (TPSA) is 79.3 Å². The molecule has 0 unspecified atom stereocenters. The van der Waals surface area contributed by atoms with Gasteiger partial charge in [-0.1, -0.05) is 19.1 Å². The second-order valence-electron chi connectivity index (χ2n) is 5.32. The molecule has 0 aliphatic carbocycles. The summed E-state index contributed by atoms with van der Waals surface area (Å²) < 4.78 is 0. The van der Waals surface area contributed by atoms with Crippen molar-refractivity contribution >= 4 is 28.9 Å². The van der Waals surface area contributed by atoms with Crippen LogP contribution in [0.25, 0.3) is 0 Å². The number of carboxylic acid groups (broad SMARTS) is 1. The zero-order chi connectivity index (χ0) is 16.8. The number of aliphatic carboxylic acids is 1. The van der Waals surface area contributed by atoms with Crippen LogP contribution in [0.5, 0.6) is 0 Å². The Balaban J connectivity index is 2.08. The number of nitrogens with zero attached hydrogens (tertiary/aromatic N) is 1. The normalized spacial score (nSPS) is 10.5. The number of amides is 1. The van der Waals surface area contributed by atoms with Gasteiger partial charge in [0.2, 0.25) is 0 Å². The lowest BCUT2D eigenvalue weighted by molar-refractivity contribution is -0.136. The minimum absolute atomic E-state index is 0.0751. The van der Waals surface area contributed by atoms with E-state index in [0.717, 1.165) is 29.1 Å². The molecule has 0 atom stereocenters. The fourth-order valence-corrected chi connectivity index (χ4v) is 3.29. The number of rotatable bonds is 7. The molecule has 0 fully saturated rings. The molecule has 0 bridgehead atoms. The largest absolute Gasteiger partial charge is 0.481 e. The molecule has 0 saturated heterocycles. The maximum Gasteiger partial charge on any atom is 0.303 e. The Kier molecular flexibility index (Phi) is 5.87. The van der Waals surface area contributed by atoms with E-state index in [1.54, 1.807) is 6.07 Å². The molecule has 2 N–H and O–H groups in total. The van der Waals surface area contributed by atoms with Gasteiger partial charge < -0.3 is 10.4 Å². The smallest absolute Gasteiger partial charge is 0.303 e. The number of carboxylic acids is 1. The first-order valence-electron chi connectivity index (χ1n) is 7.58. The van der Waals surface area contributed by atoms with Crippen LogP contribution in [-0.4, -0.2) is 22.0 Å². The van der Waals surface area contributed by atoms with Crippen molar-refractivity contribution in [3.8, 4) is 0 Å². The molecule has 23 heavy (non-hydrogen) atoms. The fraction of sp³-hybridized carbons (Fsp3) is 0.353. The summed E-state index contributed by atoms with van der Waals surface area (Å²) in [5, 5.41) is 12.6. The molecule has 0 saturated carbocycles. The number of anilines is 1. The van der Waals surface area contributed by atoms with Gasteiger partial charge in [-0.05, 0) is 43.9 Å². The third-order valence-electron chi connectivity index (χ3n) is 3.32. The van der Waals surface area contributed by atoms with E-state index in [-0.39, 0.29) is 12.3 Å². The lowest BCUT2D eigenvalue weighted by atomic mass is 10.1. The predicted molar refractivity (Wildman–Crippen MR) is 91.2 cm³/mol. The molecule has 1 heterocycles. The third kappa shape index (κ3) is 4.89. The van der Waals surface area contributed by atoms with Crippen molar-refractivity contribution in [3.63, 3.8) is 0 Å². The van der Waals surface area contributed by atoms with Gasteiger partial charge in [-0.3, -0.25) is 9.59 Å². The van der Waals surface area contributed by atoms with Crippen molar-refractivity contribution in [1.29, 1.82) is 0 Å². The molecule has 5 nitrogen and oxygen atoms in total. The Labute approximate surface area is 139 Å². The average Bonchev–Trinajstić information content (AvgIpc) is 2.87. The summed E-state index contributed by atoms with van der Waals surface area (Å²) in [5.41, 5.74) is 2.30. The first-order valence-corrected chi connectivity index (χ1v) is 8.39. The van der Waals surface area contributed by atoms with Gasteiger partial charge in [-0.15, -0.1) is 11.3 Å². The second kappa shape index (κ2) is 7.87. The monoisotopic (exact) mass is 332 g/mol. The maximum atomic E-state index is 12.4. The van der Waals surface area contributed by atoms with Gasteiger partial charge in [0.25, 0.3) is 5.91 Å². The number of hydrogen-bond donors (Lipinski definition) is 2. The number of carbonyl (C=O) groups excluding carboxylic acids is 1. The minimum atomic E-state index is -0.830. The van der Waals surface area contributed by atoms with Gasteiger partial charge in [0, 0.05) is 12.1 Å². The van der Waals surface area contributed by atoms with E-state index in [2.05, 4.69) is 17.2 Å². The van der Waals surface area contributed by atoms with E-state index < -0.39 is 5.97 Å². The van der Waals surface area contributed by atoms with E-state index in [0.29, 0.717) is 17.0 Å². The lowest BCUT2D eigenvalue weighted by Gasteiger charge is -2.06. The van der Waals surface area contributed by atoms with Crippen LogP contribution < -0.4 is 5.32 Å². The Bertz CT molecular complexity index is 710. The lowest BCUT2D eigenvalue weighted by Crippen LogP contribution is -2.11. The molecular weight excluding hydrogens is 312 g/mol. The highest BCUT2D eigenvalue weighted by atomic mass is 32.1. The summed E-state index contributed by atoms with van der Waals surface area (Å²) in [7, 11) is 0. The van der Waals surface area contributed by atoms with Crippen LogP contribution in [0.3, 0.4) is 0 Å². The van der Waals surface area contributed by atoms with E-state index in [9.17, 15) is 9.59 Å². The molecule has 1 amide bonds. The van der Waals surface area contributed by atoms with Crippen LogP contribution in [0.2, 0.25) is 0 Å². The summed E-state index contributed by atoms with van der Waals surface area (Å²) >= 11 is 1.43. The summed E-state index contributed by atoms with van der Waals surface area (Å²) in [5.74, 6) is -0.999. The van der Waals surface area contributed by atoms with E-state index in [4.69, 9.17) is 5.11 Å². The fourth-order valence-electron chi connectivity index (χ4n) is 2.23. The third-order valence-corrected chi connectivity index (χ3v) is 4.54. The number of aromatic nitrogens is 1. The molecule has 2 rings (SSSR count). The molecule has 122 valence electrons. The Hall–Kier alpha value is -2.21. The van der Waals surface area contributed by atoms with Gasteiger partial charge in [-0.2, -0.15) is 0 Å². The van der Waals surface area contributed by atoms with Gasteiger partial charge >= 0.3 is 5.97 Å². The molecular formula is C17H20N2O3S. The zero-order valence-electron chi connectivity index (χ0n) is 13.3. The van der Waals surface area contributed by atoms with Crippen LogP contribution in [0.15, 0.2) is 24.3 Å². The second-order valence-corrected chi connectivity index (χ2v) is 6.40. The van der Waals surface area contributed by atoms with E-state index >= 15 is 0 Å². The average molecular weight is 332 g/mol. The summed E-state index contributed by atoms with van der Waals surface area (Å²) in [6, 6.07) is 7.28. The first-order chi connectivity index (χ1) is 11.0. The highest BCUT2D eigenvalue weighted by Crippen LogP contribution is 2.21. The minimum Gasteiger partial charge on any atom is -0.481 e. The highest BCUT2D eigenvalue weighted by Gasteiger charge is 2.15. The van der Waals surface area contributed by atoms with Crippen LogP contribution in [0.1, 0.15) is 45.7 Å². The standard InChI is InChI=1S/C17H20N2O3S/c1-3-5-14-18-11(2)16(23-14)17(22)19-13-7-4-6-12(10-13)8-9-15(20)21/h4,6-7,10H,3,5,8-9H2,1-2H3,(H,19,22)(H,20,21). The number of benzene rings is 1. The Morgan fingerprint density at radius 3 is 2.78 bits per heavy atom. The van der Waals surface area contributed by atoms with Gasteiger partial charge in [0.15, 0.2) is 0 Å². The van der Waals surface area contributed by atoms with Crippen LogP contribution in [0.4, 0.5) is 5.69 Å². The number of thiazole rings is 1.